The summed E-state index contributed by atoms with van der Waals surface area (Å²) in [6.07, 6.45) is 5.57. The lowest BCUT2D eigenvalue weighted by atomic mass is 10.1. The van der Waals surface area contributed by atoms with Gasteiger partial charge in [0.2, 0.25) is 0 Å². The maximum Gasteiger partial charge on any atom is 0.270 e. The lowest BCUT2D eigenvalue weighted by molar-refractivity contribution is -0.0435. The van der Waals surface area contributed by atoms with Gasteiger partial charge in [0.05, 0.1) is 25.4 Å². The van der Waals surface area contributed by atoms with Crippen molar-refractivity contribution in [2.75, 3.05) is 19.8 Å². The molecule has 1 amide bonds. The monoisotopic (exact) mass is 290 g/mol. The highest BCUT2D eigenvalue weighted by atomic mass is 16.5. The van der Waals surface area contributed by atoms with E-state index < -0.39 is 0 Å². The van der Waals surface area contributed by atoms with Gasteiger partial charge >= 0.3 is 0 Å². The summed E-state index contributed by atoms with van der Waals surface area (Å²) in [6, 6.07) is 3.85. The van der Waals surface area contributed by atoms with Gasteiger partial charge in [-0.2, -0.15) is 0 Å². The topological polar surface area (TPSA) is 43.7 Å². The van der Waals surface area contributed by atoms with Gasteiger partial charge in [-0.1, -0.05) is 6.08 Å². The summed E-state index contributed by atoms with van der Waals surface area (Å²) in [7, 11) is 1.89. The van der Waals surface area contributed by atoms with Crippen LogP contribution in [0.15, 0.2) is 31.0 Å². The second-order valence-corrected chi connectivity index (χ2v) is 5.64. The summed E-state index contributed by atoms with van der Waals surface area (Å²) in [5, 5.41) is 0. The summed E-state index contributed by atoms with van der Waals surface area (Å²) in [5.41, 5.74) is 0.711. The number of fused-ring (bicyclic) bond motifs is 2. The molecule has 0 N–H and O–H groups in total. The quantitative estimate of drug-likeness (QED) is 0.791. The number of aromatic nitrogens is 1. The van der Waals surface area contributed by atoms with Crippen LogP contribution in [0.4, 0.5) is 0 Å². The van der Waals surface area contributed by atoms with E-state index in [-0.39, 0.29) is 24.2 Å². The average Bonchev–Trinajstić information content (AvgIpc) is 3.00. The number of aryl methyl sites for hydroxylation is 1. The fourth-order valence-electron chi connectivity index (χ4n) is 3.37. The fourth-order valence-corrected chi connectivity index (χ4v) is 3.37. The van der Waals surface area contributed by atoms with Gasteiger partial charge in [0, 0.05) is 19.8 Å². The number of carbonyl (C=O) groups is 1. The SMILES string of the molecule is C=CCO[C@@H]1[C@H]2CC[C@H]1OCCN2C(=O)c1cccn1C. The summed E-state index contributed by atoms with van der Waals surface area (Å²) >= 11 is 0. The zero-order valence-electron chi connectivity index (χ0n) is 12.4. The number of amides is 1. The van der Waals surface area contributed by atoms with Crippen molar-refractivity contribution < 1.29 is 14.3 Å². The Morgan fingerprint density at radius 3 is 3.14 bits per heavy atom. The van der Waals surface area contributed by atoms with Gasteiger partial charge in [0.15, 0.2) is 0 Å². The van der Waals surface area contributed by atoms with Gasteiger partial charge < -0.3 is 18.9 Å². The zero-order valence-corrected chi connectivity index (χ0v) is 12.4. The van der Waals surface area contributed by atoms with Crippen LogP contribution in [-0.2, 0) is 16.5 Å². The van der Waals surface area contributed by atoms with E-state index >= 15 is 0 Å². The molecule has 2 aliphatic rings. The Hall–Kier alpha value is -1.59. The average molecular weight is 290 g/mol. The molecule has 2 bridgehead atoms. The Labute approximate surface area is 125 Å². The third-order valence-corrected chi connectivity index (χ3v) is 4.39. The third-order valence-electron chi connectivity index (χ3n) is 4.39. The van der Waals surface area contributed by atoms with Gasteiger partial charge in [0.25, 0.3) is 5.91 Å². The molecule has 1 aliphatic heterocycles. The van der Waals surface area contributed by atoms with Crippen molar-refractivity contribution in [1.82, 2.24) is 9.47 Å². The van der Waals surface area contributed by atoms with Crippen LogP contribution < -0.4 is 0 Å². The number of carbonyl (C=O) groups excluding carboxylic acids is 1. The van der Waals surface area contributed by atoms with E-state index in [0.717, 1.165) is 12.8 Å². The molecule has 1 saturated heterocycles. The molecule has 3 rings (SSSR count). The molecule has 3 atom stereocenters. The first kappa shape index (κ1) is 14.4. The first-order valence-electron chi connectivity index (χ1n) is 7.48. The Balaban J connectivity index is 1.82. The molecule has 114 valence electrons. The van der Waals surface area contributed by atoms with Crippen molar-refractivity contribution >= 4 is 5.91 Å². The zero-order chi connectivity index (χ0) is 14.8. The predicted molar refractivity (Wildman–Crippen MR) is 79.1 cm³/mol. The number of hydrogen-bond acceptors (Lipinski definition) is 3. The first-order valence-corrected chi connectivity index (χ1v) is 7.48. The van der Waals surface area contributed by atoms with E-state index in [0.29, 0.717) is 25.5 Å². The van der Waals surface area contributed by atoms with Crippen LogP contribution in [0.25, 0.3) is 0 Å². The fraction of sp³-hybridized carbons (Fsp3) is 0.562. The third kappa shape index (κ3) is 2.63. The van der Waals surface area contributed by atoms with Crippen LogP contribution in [0.3, 0.4) is 0 Å². The molecule has 0 aromatic carbocycles. The van der Waals surface area contributed by atoms with Crippen LogP contribution in [0.1, 0.15) is 23.3 Å². The molecule has 21 heavy (non-hydrogen) atoms. The van der Waals surface area contributed by atoms with Crippen molar-refractivity contribution in [3.05, 3.63) is 36.7 Å². The van der Waals surface area contributed by atoms with Gasteiger partial charge in [-0.25, -0.2) is 0 Å². The summed E-state index contributed by atoms with van der Waals surface area (Å²) in [5.74, 6) is 0.0610. The smallest absolute Gasteiger partial charge is 0.270 e. The minimum atomic E-state index is -0.0466. The van der Waals surface area contributed by atoms with E-state index in [1.807, 2.05) is 34.8 Å². The molecule has 0 spiro atoms. The molecule has 1 aromatic rings. The highest BCUT2D eigenvalue weighted by Crippen LogP contribution is 2.32. The van der Waals surface area contributed by atoms with Crippen LogP contribution >= 0.6 is 0 Å². The van der Waals surface area contributed by atoms with Crippen LogP contribution in [0.2, 0.25) is 0 Å². The minimum Gasteiger partial charge on any atom is -0.374 e. The van der Waals surface area contributed by atoms with Gasteiger partial charge in [-0.15, -0.1) is 6.58 Å². The molecule has 1 aromatic heterocycles. The lowest BCUT2D eigenvalue weighted by Crippen LogP contribution is -2.47. The highest BCUT2D eigenvalue weighted by molar-refractivity contribution is 5.93. The minimum absolute atomic E-state index is 0.0466. The van der Waals surface area contributed by atoms with Crippen molar-refractivity contribution in [2.24, 2.45) is 7.05 Å². The van der Waals surface area contributed by atoms with Gasteiger partial charge in [0.1, 0.15) is 11.8 Å². The highest BCUT2D eigenvalue weighted by Gasteiger charge is 2.44. The standard InChI is InChI=1S/C16H22N2O3/c1-3-10-21-15-12-6-7-14(15)20-11-9-18(12)16(19)13-5-4-8-17(13)2/h3-5,8,12,14-15H,1,6-7,9-11H2,2H3/t12-,14-,15-/m1/s1. The molecule has 0 unspecified atom stereocenters. The predicted octanol–water partition coefficient (Wildman–Crippen LogP) is 1.60. The molecule has 2 heterocycles. The Morgan fingerprint density at radius 2 is 2.43 bits per heavy atom. The van der Waals surface area contributed by atoms with Crippen molar-refractivity contribution in [3.63, 3.8) is 0 Å². The van der Waals surface area contributed by atoms with Crippen LogP contribution in [-0.4, -0.2) is 53.4 Å². The van der Waals surface area contributed by atoms with Crippen molar-refractivity contribution in [2.45, 2.75) is 31.1 Å². The van der Waals surface area contributed by atoms with Crippen molar-refractivity contribution in [1.29, 1.82) is 0 Å². The van der Waals surface area contributed by atoms with E-state index in [2.05, 4.69) is 6.58 Å². The van der Waals surface area contributed by atoms with E-state index in [1.165, 1.54) is 0 Å². The second-order valence-electron chi connectivity index (χ2n) is 5.64. The molecular weight excluding hydrogens is 268 g/mol. The molecule has 5 heteroatoms. The largest absolute Gasteiger partial charge is 0.374 e. The number of nitrogens with zero attached hydrogens (tertiary/aromatic N) is 2. The lowest BCUT2D eigenvalue weighted by Gasteiger charge is -2.31. The van der Waals surface area contributed by atoms with Gasteiger partial charge in [-0.05, 0) is 25.0 Å². The van der Waals surface area contributed by atoms with E-state index in [1.54, 1.807) is 6.08 Å². The number of ether oxygens (including phenoxy) is 2. The molecule has 2 fully saturated rings. The van der Waals surface area contributed by atoms with E-state index in [4.69, 9.17) is 9.47 Å². The van der Waals surface area contributed by atoms with Crippen molar-refractivity contribution in [3.8, 4) is 0 Å². The first-order chi connectivity index (χ1) is 10.2. The summed E-state index contributed by atoms with van der Waals surface area (Å²) in [4.78, 5) is 14.7. The number of rotatable bonds is 4. The maximum atomic E-state index is 12.8. The molecule has 1 saturated carbocycles. The molecule has 0 radical (unpaired) electrons. The Kier molecular flexibility index (Phi) is 4.12. The van der Waals surface area contributed by atoms with Gasteiger partial charge in [-0.3, -0.25) is 4.79 Å². The number of hydrogen-bond donors (Lipinski definition) is 0. The Bertz CT molecular complexity index is 525. The van der Waals surface area contributed by atoms with Crippen LogP contribution in [0.5, 0.6) is 0 Å². The molecule has 5 nitrogen and oxygen atoms in total. The molecule has 1 aliphatic carbocycles. The maximum absolute atomic E-state index is 12.8. The summed E-state index contributed by atoms with van der Waals surface area (Å²) < 4.78 is 13.6. The molecular formula is C16H22N2O3. The van der Waals surface area contributed by atoms with Crippen LogP contribution in [0, 0.1) is 0 Å². The Morgan fingerprint density at radius 1 is 1.57 bits per heavy atom. The second kappa shape index (κ2) is 6.03. The normalized spacial score (nSPS) is 28.4. The van der Waals surface area contributed by atoms with E-state index in [9.17, 15) is 4.79 Å². The summed E-state index contributed by atoms with van der Waals surface area (Å²) in [6.45, 7) is 5.39.